The molecule has 1 aromatic carbocycles. The quantitative estimate of drug-likeness (QED) is 0.715. The molecule has 1 fully saturated rings. The summed E-state index contributed by atoms with van der Waals surface area (Å²) in [5.74, 6) is 0.00436. The van der Waals surface area contributed by atoms with Gasteiger partial charge < -0.3 is 9.30 Å². The molecule has 0 radical (unpaired) electrons. The van der Waals surface area contributed by atoms with E-state index in [1.54, 1.807) is 6.20 Å². The lowest BCUT2D eigenvalue weighted by atomic mass is 10.1. The first-order valence-electron chi connectivity index (χ1n) is 9.58. The Balaban J connectivity index is 1.59. The van der Waals surface area contributed by atoms with Crippen LogP contribution in [0.1, 0.15) is 29.4 Å². The van der Waals surface area contributed by atoms with Crippen LogP contribution in [0, 0.1) is 6.92 Å². The van der Waals surface area contributed by atoms with Gasteiger partial charge in [-0.1, -0.05) is 36.8 Å². The number of aromatic nitrogens is 3. The molecule has 0 saturated carbocycles. The predicted molar refractivity (Wildman–Crippen MR) is 106 cm³/mol. The van der Waals surface area contributed by atoms with Gasteiger partial charge in [0.25, 0.3) is 5.91 Å². The minimum Gasteiger partial charge on any atom is -0.335 e. The summed E-state index contributed by atoms with van der Waals surface area (Å²) in [5, 5.41) is 0. The van der Waals surface area contributed by atoms with E-state index in [1.165, 1.54) is 5.56 Å². The number of imidazole rings is 1. The third-order valence-corrected chi connectivity index (χ3v) is 5.12. The van der Waals surface area contributed by atoms with Crippen LogP contribution in [0.3, 0.4) is 0 Å². The number of rotatable bonds is 4. The van der Waals surface area contributed by atoms with Crippen molar-refractivity contribution in [1.82, 2.24) is 24.2 Å². The summed E-state index contributed by atoms with van der Waals surface area (Å²) in [4.78, 5) is 26.4. The molecule has 3 aromatic rings. The molecule has 0 spiro atoms. The van der Waals surface area contributed by atoms with Crippen LogP contribution in [0.15, 0.2) is 42.9 Å². The minimum atomic E-state index is 0.00436. The number of piperazine rings is 1. The highest BCUT2D eigenvalue weighted by atomic mass is 16.2. The van der Waals surface area contributed by atoms with Crippen LogP contribution in [-0.2, 0) is 0 Å². The molecule has 6 heteroatoms. The van der Waals surface area contributed by atoms with Crippen LogP contribution in [-0.4, -0.2) is 62.8 Å². The number of fused-ring (bicyclic) bond motifs is 1. The van der Waals surface area contributed by atoms with E-state index in [0.29, 0.717) is 11.3 Å². The number of carbonyl (C=O) groups excluding carboxylic acids is 1. The number of nitrogens with zero attached hydrogens (tertiary/aromatic N) is 5. The van der Waals surface area contributed by atoms with Crippen LogP contribution in [0.4, 0.5) is 0 Å². The molecule has 1 amide bonds. The van der Waals surface area contributed by atoms with Gasteiger partial charge in [-0.3, -0.25) is 14.7 Å². The number of carbonyl (C=O) groups is 1. The summed E-state index contributed by atoms with van der Waals surface area (Å²) >= 11 is 0. The Morgan fingerprint density at radius 3 is 2.56 bits per heavy atom. The number of hydrogen-bond acceptors (Lipinski definition) is 4. The number of hydrogen-bond donors (Lipinski definition) is 0. The van der Waals surface area contributed by atoms with Gasteiger partial charge in [-0.25, -0.2) is 4.98 Å². The molecule has 1 aliphatic heterocycles. The maximum Gasteiger partial charge on any atom is 0.274 e. The van der Waals surface area contributed by atoms with Crippen LogP contribution in [0.25, 0.3) is 16.9 Å². The summed E-state index contributed by atoms with van der Waals surface area (Å²) in [6.07, 6.45) is 6.56. The molecule has 1 saturated heterocycles. The Labute approximate surface area is 159 Å². The fourth-order valence-electron chi connectivity index (χ4n) is 3.59. The zero-order chi connectivity index (χ0) is 18.8. The van der Waals surface area contributed by atoms with E-state index in [0.717, 1.165) is 50.4 Å². The van der Waals surface area contributed by atoms with Gasteiger partial charge in [0.05, 0.1) is 0 Å². The lowest BCUT2D eigenvalue weighted by Gasteiger charge is -2.34. The SMILES string of the molecule is CCCN1CCN(C(=O)c2cn3ccnc(-c4ccc(C)cc4)c3n2)CC1. The first-order chi connectivity index (χ1) is 13.2. The van der Waals surface area contributed by atoms with Crippen molar-refractivity contribution in [1.29, 1.82) is 0 Å². The zero-order valence-corrected chi connectivity index (χ0v) is 15.9. The van der Waals surface area contributed by atoms with Gasteiger partial charge in [-0.2, -0.15) is 0 Å². The lowest BCUT2D eigenvalue weighted by Crippen LogP contribution is -2.48. The van der Waals surface area contributed by atoms with Gasteiger partial charge in [0.1, 0.15) is 11.4 Å². The maximum absolute atomic E-state index is 12.9. The van der Waals surface area contributed by atoms with Gasteiger partial charge in [0.15, 0.2) is 5.65 Å². The fraction of sp³-hybridized carbons (Fsp3) is 0.381. The molecule has 0 aliphatic carbocycles. The Morgan fingerprint density at radius 2 is 1.85 bits per heavy atom. The van der Waals surface area contributed by atoms with Gasteiger partial charge in [0.2, 0.25) is 0 Å². The third-order valence-electron chi connectivity index (χ3n) is 5.12. The second-order valence-electron chi connectivity index (χ2n) is 7.13. The zero-order valence-electron chi connectivity index (χ0n) is 15.9. The molecule has 27 heavy (non-hydrogen) atoms. The standard InChI is InChI=1S/C21H25N5O/c1-3-9-24-11-13-25(14-12-24)21(27)18-15-26-10-8-22-19(20(26)23-18)17-6-4-16(2)5-7-17/h4-8,10,15H,3,9,11-14H2,1-2H3. The first-order valence-corrected chi connectivity index (χ1v) is 9.58. The van der Waals surface area contributed by atoms with E-state index >= 15 is 0 Å². The molecule has 0 N–H and O–H groups in total. The van der Waals surface area contributed by atoms with E-state index in [4.69, 9.17) is 0 Å². The average molecular weight is 363 g/mol. The topological polar surface area (TPSA) is 53.7 Å². The van der Waals surface area contributed by atoms with Crippen LogP contribution in [0.5, 0.6) is 0 Å². The fourth-order valence-corrected chi connectivity index (χ4v) is 3.59. The van der Waals surface area contributed by atoms with Crippen molar-refractivity contribution in [3.05, 3.63) is 54.1 Å². The normalized spacial score (nSPS) is 15.4. The molecule has 6 nitrogen and oxygen atoms in total. The highest BCUT2D eigenvalue weighted by Crippen LogP contribution is 2.22. The van der Waals surface area contributed by atoms with E-state index in [-0.39, 0.29) is 5.91 Å². The minimum absolute atomic E-state index is 0.00436. The molecule has 4 rings (SSSR count). The molecule has 0 unspecified atom stereocenters. The summed E-state index contributed by atoms with van der Waals surface area (Å²) in [6.45, 7) is 8.73. The van der Waals surface area contributed by atoms with E-state index in [9.17, 15) is 4.79 Å². The van der Waals surface area contributed by atoms with Gasteiger partial charge >= 0.3 is 0 Å². The van der Waals surface area contributed by atoms with Crippen LogP contribution >= 0.6 is 0 Å². The van der Waals surface area contributed by atoms with E-state index < -0.39 is 0 Å². The van der Waals surface area contributed by atoms with Crippen molar-refractivity contribution >= 4 is 11.6 Å². The van der Waals surface area contributed by atoms with Gasteiger partial charge in [-0.05, 0) is 19.9 Å². The van der Waals surface area contributed by atoms with Crippen molar-refractivity contribution in [3.8, 4) is 11.3 Å². The van der Waals surface area contributed by atoms with Crippen molar-refractivity contribution in [2.75, 3.05) is 32.7 Å². The Kier molecular flexibility index (Phi) is 4.90. The number of amides is 1. The monoisotopic (exact) mass is 363 g/mol. The highest BCUT2D eigenvalue weighted by molar-refractivity contribution is 5.93. The summed E-state index contributed by atoms with van der Waals surface area (Å²) in [7, 11) is 0. The van der Waals surface area contributed by atoms with Crippen LogP contribution < -0.4 is 0 Å². The smallest absolute Gasteiger partial charge is 0.274 e. The van der Waals surface area contributed by atoms with Crippen molar-refractivity contribution in [3.63, 3.8) is 0 Å². The second kappa shape index (κ2) is 7.48. The number of aryl methyl sites for hydroxylation is 1. The maximum atomic E-state index is 12.9. The number of benzene rings is 1. The summed E-state index contributed by atoms with van der Waals surface area (Å²) in [6, 6.07) is 8.21. The predicted octanol–water partition coefficient (Wildman–Crippen LogP) is 2.87. The molecular weight excluding hydrogens is 338 g/mol. The third kappa shape index (κ3) is 3.57. The highest BCUT2D eigenvalue weighted by Gasteiger charge is 2.24. The summed E-state index contributed by atoms with van der Waals surface area (Å²) in [5.41, 5.74) is 4.20. The van der Waals surface area contributed by atoms with Gasteiger partial charge in [0, 0.05) is 50.3 Å². The molecule has 0 atom stereocenters. The Hall–Kier alpha value is -2.73. The molecule has 140 valence electrons. The Morgan fingerprint density at radius 1 is 1.11 bits per heavy atom. The molecular formula is C21H25N5O. The second-order valence-corrected chi connectivity index (χ2v) is 7.13. The Bertz CT molecular complexity index is 939. The molecule has 3 heterocycles. The first kappa shape index (κ1) is 17.7. The largest absolute Gasteiger partial charge is 0.335 e. The molecule has 1 aliphatic rings. The average Bonchev–Trinajstić information content (AvgIpc) is 3.13. The summed E-state index contributed by atoms with van der Waals surface area (Å²) < 4.78 is 1.89. The van der Waals surface area contributed by atoms with Crippen molar-refractivity contribution in [2.24, 2.45) is 0 Å². The van der Waals surface area contributed by atoms with Crippen LogP contribution in [0.2, 0.25) is 0 Å². The van der Waals surface area contributed by atoms with Crippen molar-refractivity contribution < 1.29 is 4.79 Å². The van der Waals surface area contributed by atoms with Gasteiger partial charge in [-0.15, -0.1) is 0 Å². The molecule has 2 aromatic heterocycles. The van der Waals surface area contributed by atoms with E-state index in [1.807, 2.05) is 33.8 Å². The van der Waals surface area contributed by atoms with E-state index in [2.05, 4.69) is 40.8 Å². The van der Waals surface area contributed by atoms with Crippen molar-refractivity contribution in [2.45, 2.75) is 20.3 Å². The molecule has 0 bridgehead atoms. The lowest BCUT2D eigenvalue weighted by molar-refractivity contribution is 0.0632.